The Morgan fingerprint density at radius 3 is 2.65 bits per heavy atom. The zero-order valence-electron chi connectivity index (χ0n) is 10.5. The monoisotopic (exact) mass is 236 g/mol. The second-order valence-electron chi connectivity index (χ2n) is 4.03. The Balaban J connectivity index is 2.74. The van der Waals surface area contributed by atoms with Crippen LogP contribution < -0.4 is 4.74 Å². The van der Waals surface area contributed by atoms with Crippen LogP contribution in [0.25, 0.3) is 0 Å². The van der Waals surface area contributed by atoms with Gasteiger partial charge in [0, 0.05) is 6.42 Å². The van der Waals surface area contributed by atoms with Crippen molar-refractivity contribution in [2.24, 2.45) is 0 Å². The number of hydrogen-bond donors (Lipinski definition) is 1. The van der Waals surface area contributed by atoms with Crippen LogP contribution >= 0.6 is 0 Å². The third kappa shape index (κ3) is 4.47. The molecule has 0 atom stereocenters. The molecule has 3 nitrogen and oxygen atoms in total. The van der Waals surface area contributed by atoms with Gasteiger partial charge in [-0.1, -0.05) is 19.9 Å². The first kappa shape index (κ1) is 13.6. The first-order chi connectivity index (χ1) is 8.17. The molecule has 0 saturated carbocycles. The van der Waals surface area contributed by atoms with Crippen LogP contribution in [0.5, 0.6) is 5.75 Å². The van der Waals surface area contributed by atoms with Crippen LogP contribution in [0.2, 0.25) is 0 Å². The Bertz CT molecular complexity index is 372. The topological polar surface area (TPSA) is 46.5 Å². The Morgan fingerprint density at radius 1 is 1.29 bits per heavy atom. The van der Waals surface area contributed by atoms with E-state index in [0.29, 0.717) is 6.42 Å². The molecular formula is C14H20O3. The molecular weight excluding hydrogens is 216 g/mol. The van der Waals surface area contributed by atoms with Gasteiger partial charge in [-0.3, -0.25) is 4.79 Å². The number of ether oxygens (including phenoxy) is 1. The van der Waals surface area contributed by atoms with Gasteiger partial charge in [-0.2, -0.15) is 0 Å². The molecule has 3 heteroatoms. The standard InChI is InChI=1S/C14H20O3/c1-3-9-17-13-7-5-12(6-8-14(15)16)11(4-2)10-13/h5,7,10H,3-4,6,8-9H2,1-2H3,(H,15,16). The molecule has 0 amide bonds. The molecule has 0 fully saturated rings. The van der Waals surface area contributed by atoms with Gasteiger partial charge in [-0.15, -0.1) is 0 Å². The van der Waals surface area contributed by atoms with E-state index in [0.717, 1.165) is 30.8 Å². The van der Waals surface area contributed by atoms with Crippen molar-refractivity contribution in [2.75, 3.05) is 6.61 Å². The lowest BCUT2D eigenvalue weighted by Gasteiger charge is -2.10. The lowest BCUT2D eigenvalue weighted by atomic mass is 10.0. The fourth-order valence-corrected chi connectivity index (χ4v) is 1.73. The van der Waals surface area contributed by atoms with E-state index in [-0.39, 0.29) is 6.42 Å². The van der Waals surface area contributed by atoms with Crippen molar-refractivity contribution >= 4 is 5.97 Å². The van der Waals surface area contributed by atoms with Crippen LogP contribution in [0.3, 0.4) is 0 Å². The van der Waals surface area contributed by atoms with E-state index in [1.165, 1.54) is 5.56 Å². The van der Waals surface area contributed by atoms with Gasteiger partial charge in [0.05, 0.1) is 6.61 Å². The summed E-state index contributed by atoms with van der Waals surface area (Å²) in [6.45, 7) is 4.86. The van der Waals surface area contributed by atoms with E-state index in [4.69, 9.17) is 9.84 Å². The maximum absolute atomic E-state index is 10.6. The highest BCUT2D eigenvalue weighted by atomic mass is 16.5. The SMILES string of the molecule is CCCOc1ccc(CCC(=O)O)c(CC)c1. The average Bonchev–Trinajstić information content (AvgIpc) is 2.34. The van der Waals surface area contributed by atoms with Gasteiger partial charge in [0.2, 0.25) is 0 Å². The largest absolute Gasteiger partial charge is 0.494 e. The number of carboxylic acids is 1. The molecule has 1 aromatic carbocycles. The molecule has 1 rings (SSSR count). The number of aryl methyl sites for hydroxylation is 2. The molecule has 0 saturated heterocycles. The van der Waals surface area contributed by atoms with E-state index in [1.807, 2.05) is 18.2 Å². The molecule has 0 aliphatic rings. The molecule has 0 bridgehead atoms. The summed E-state index contributed by atoms with van der Waals surface area (Å²) in [5, 5.41) is 8.68. The van der Waals surface area contributed by atoms with Gasteiger partial charge in [0.25, 0.3) is 0 Å². The van der Waals surface area contributed by atoms with Gasteiger partial charge in [0.15, 0.2) is 0 Å². The quantitative estimate of drug-likeness (QED) is 0.791. The Morgan fingerprint density at radius 2 is 2.06 bits per heavy atom. The molecule has 0 aromatic heterocycles. The summed E-state index contributed by atoms with van der Waals surface area (Å²) >= 11 is 0. The van der Waals surface area contributed by atoms with Crippen molar-refractivity contribution in [3.63, 3.8) is 0 Å². The van der Waals surface area contributed by atoms with Crippen molar-refractivity contribution in [3.05, 3.63) is 29.3 Å². The van der Waals surface area contributed by atoms with Crippen molar-refractivity contribution in [1.29, 1.82) is 0 Å². The number of benzene rings is 1. The van der Waals surface area contributed by atoms with Crippen molar-refractivity contribution < 1.29 is 14.6 Å². The summed E-state index contributed by atoms with van der Waals surface area (Å²) in [4.78, 5) is 10.6. The van der Waals surface area contributed by atoms with E-state index in [1.54, 1.807) is 0 Å². The normalized spacial score (nSPS) is 10.2. The summed E-state index contributed by atoms with van der Waals surface area (Å²) in [6, 6.07) is 5.92. The first-order valence-corrected chi connectivity index (χ1v) is 6.13. The second kappa shape index (κ2) is 6.94. The summed E-state index contributed by atoms with van der Waals surface area (Å²) in [6.07, 6.45) is 2.66. The van der Waals surface area contributed by atoms with Gasteiger partial charge < -0.3 is 9.84 Å². The number of carboxylic acid groups (broad SMARTS) is 1. The van der Waals surface area contributed by atoms with Crippen LogP contribution in [0.1, 0.15) is 37.8 Å². The predicted molar refractivity (Wildman–Crippen MR) is 67.6 cm³/mol. The summed E-state index contributed by atoms with van der Waals surface area (Å²) in [7, 11) is 0. The maximum atomic E-state index is 10.6. The lowest BCUT2D eigenvalue weighted by Crippen LogP contribution is -2.01. The molecule has 1 N–H and O–H groups in total. The van der Waals surface area contributed by atoms with Crippen molar-refractivity contribution in [1.82, 2.24) is 0 Å². The van der Waals surface area contributed by atoms with Crippen LogP contribution in [-0.4, -0.2) is 17.7 Å². The predicted octanol–water partition coefficient (Wildman–Crippen LogP) is 3.06. The van der Waals surface area contributed by atoms with Gasteiger partial charge in [-0.05, 0) is 42.5 Å². The molecule has 94 valence electrons. The van der Waals surface area contributed by atoms with Gasteiger partial charge in [-0.25, -0.2) is 0 Å². The molecule has 0 aliphatic heterocycles. The smallest absolute Gasteiger partial charge is 0.303 e. The fraction of sp³-hybridized carbons (Fsp3) is 0.500. The van der Waals surface area contributed by atoms with Crippen LogP contribution in [0.4, 0.5) is 0 Å². The van der Waals surface area contributed by atoms with Crippen LogP contribution in [0, 0.1) is 0 Å². The van der Waals surface area contributed by atoms with Crippen molar-refractivity contribution in [2.45, 2.75) is 39.5 Å². The van der Waals surface area contributed by atoms with Gasteiger partial charge in [0.1, 0.15) is 5.75 Å². The molecule has 0 unspecified atom stereocenters. The minimum atomic E-state index is -0.752. The number of rotatable bonds is 7. The van der Waals surface area contributed by atoms with E-state index in [9.17, 15) is 4.79 Å². The molecule has 0 spiro atoms. The third-order valence-electron chi connectivity index (χ3n) is 2.64. The lowest BCUT2D eigenvalue weighted by molar-refractivity contribution is -0.136. The second-order valence-corrected chi connectivity index (χ2v) is 4.03. The minimum Gasteiger partial charge on any atom is -0.494 e. The number of aliphatic carboxylic acids is 1. The van der Waals surface area contributed by atoms with Crippen molar-refractivity contribution in [3.8, 4) is 5.75 Å². The highest BCUT2D eigenvalue weighted by Gasteiger charge is 2.05. The summed E-state index contributed by atoms with van der Waals surface area (Å²) in [5.74, 6) is 0.126. The van der Waals surface area contributed by atoms with Gasteiger partial charge >= 0.3 is 5.97 Å². The Labute approximate surface area is 102 Å². The van der Waals surface area contributed by atoms with E-state index < -0.39 is 5.97 Å². The van der Waals surface area contributed by atoms with Crippen LogP contribution in [0.15, 0.2) is 18.2 Å². The minimum absolute atomic E-state index is 0.183. The molecule has 1 aromatic rings. The summed E-state index contributed by atoms with van der Waals surface area (Å²) in [5.41, 5.74) is 2.29. The average molecular weight is 236 g/mol. The van der Waals surface area contributed by atoms with E-state index >= 15 is 0 Å². The zero-order valence-corrected chi connectivity index (χ0v) is 10.5. The van der Waals surface area contributed by atoms with Crippen LogP contribution in [-0.2, 0) is 17.6 Å². The molecule has 0 heterocycles. The number of hydrogen-bond acceptors (Lipinski definition) is 2. The molecule has 0 radical (unpaired) electrons. The zero-order chi connectivity index (χ0) is 12.7. The summed E-state index contributed by atoms with van der Waals surface area (Å²) < 4.78 is 5.56. The van der Waals surface area contributed by atoms with E-state index in [2.05, 4.69) is 13.8 Å². The maximum Gasteiger partial charge on any atom is 0.303 e. The fourth-order valence-electron chi connectivity index (χ4n) is 1.73. The highest BCUT2D eigenvalue weighted by molar-refractivity contribution is 5.67. The Hall–Kier alpha value is -1.51. The Kier molecular flexibility index (Phi) is 5.53. The molecule has 17 heavy (non-hydrogen) atoms. The highest BCUT2D eigenvalue weighted by Crippen LogP contribution is 2.20. The molecule has 0 aliphatic carbocycles. The number of carbonyl (C=O) groups is 1. The first-order valence-electron chi connectivity index (χ1n) is 6.13. The third-order valence-corrected chi connectivity index (χ3v) is 2.64.